The summed E-state index contributed by atoms with van der Waals surface area (Å²) >= 11 is 0. The number of amides is 2. The molecule has 1 aliphatic carbocycles. The minimum atomic E-state index is -4.58. The lowest BCUT2D eigenvalue weighted by Gasteiger charge is -2.41. The van der Waals surface area contributed by atoms with E-state index in [0.29, 0.717) is 18.0 Å². The van der Waals surface area contributed by atoms with Crippen LogP contribution in [0.4, 0.5) is 18.9 Å². The molecule has 1 aromatic rings. The Morgan fingerprint density at radius 1 is 1.16 bits per heavy atom. The first-order valence-electron chi connectivity index (χ1n) is 11.0. The summed E-state index contributed by atoms with van der Waals surface area (Å²) in [5.74, 6) is -0.888. The van der Waals surface area contributed by atoms with Crippen LogP contribution in [0.3, 0.4) is 0 Å². The molecule has 2 amide bonds. The van der Waals surface area contributed by atoms with Crippen molar-refractivity contribution in [2.45, 2.75) is 83.6 Å². The average molecular weight is 442 g/mol. The number of nitrogens with one attached hydrogen (secondary N) is 2. The van der Waals surface area contributed by atoms with E-state index in [-0.39, 0.29) is 11.7 Å². The van der Waals surface area contributed by atoms with Crippen LogP contribution in [0.2, 0.25) is 0 Å². The van der Waals surface area contributed by atoms with E-state index < -0.39 is 30.0 Å². The summed E-state index contributed by atoms with van der Waals surface area (Å²) in [5, 5.41) is 5.19. The van der Waals surface area contributed by atoms with Crippen LogP contribution in [0.25, 0.3) is 0 Å². The Kier molecular flexibility index (Phi) is 8.91. The van der Waals surface area contributed by atoms with Crippen molar-refractivity contribution in [3.05, 3.63) is 29.8 Å². The maximum Gasteiger partial charge on any atom is 0.418 e. The number of alkyl halides is 3. The van der Waals surface area contributed by atoms with Crippen LogP contribution in [0.5, 0.6) is 0 Å². The van der Waals surface area contributed by atoms with Gasteiger partial charge < -0.3 is 15.5 Å². The second-order valence-corrected chi connectivity index (χ2v) is 8.72. The van der Waals surface area contributed by atoms with Crippen LogP contribution in [-0.4, -0.2) is 41.9 Å². The normalized spacial score (nSPS) is 21.9. The van der Waals surface area contributed by atoms with E-state index in [1.807, 2.05) is 0 Å². The number of hydrogen-bond donors (Lipinski definition) is 2. The molecular formula is C23H34F3N3O2. The molecule has 5 nitrogen and oxygen atoms in total. The number of benzene rings is 1. The molecule has 0 saturated heterocycles. The van der Waals surface area contributed by atoms with Crippen molar-refractivity contribution >= 4 is 17.5 Å². The SMILES string of the molecule is CCC[C@@H]1C[C@H](N(C)C(C)C)CC[C@@H]1NC(=O)CC(=O)Nc1ccccc1C(F)(F)F. The Balaban J connectivity index is 1.95. The summed E-state index contributed by atoms with van der Waals surface area (Å²) in [7, 11) is 2.13. The van der Waals surface area contributed by atoms with Crippen LogP contribution >= 0.6 is 0 Å². The topological polar surface area (TPSA) is 61.4 Å². The van der Waals surface area contributed by atoms with Crippen molar-refractivity contribution < 1.29 is 22.8 Å². The van der Waals surface area contributed by atoms with Crippen molar-refractivity contribution in [1.29, 1.82) is 0 Å². The highest BCUT2D eigenvalue weighted by atomic mass is 19.4. The first-order chi connectivity index (χ1) is 14.5. The van der Waals surface area contributed by atoms with Crippen molar-refractivity contribution in [2.24, 2.45) is 5.92 Å². The van der Waals surface area contributed by atoms with Gasteiger partial charge >= 0.3 is 6.18 Å². The van der Waals surface area contributed by atoms with Crippen LogP contribution in [0.1, 0.15) is 64.9 Å². The number of para-hydroxylation sites is 1. The number of carbonyl (C=O) groups is 2. The second-order valence-electron chi connectivity index (χ2n) is 8.72. The second kappa shape index (κ2) is 11.0. The number of rotatable bonds is 8. The molecule has 1 aliphatic rings. The third-order valence-corrected chi connectivity index (χ3v) is 6.18. The van der Waals surface area contributed by atoms with Crippen molar-refractivity contribution in [3.63, 3.8) is 0 Å². The zero-order valence-electron chi connectivity index (χ0n) is 18.8. The number of hydrogen-bond acceptors (Lipinski definition) is 3. The van der Waals surface area contributed by atoms with Gasteiger partial charge in [0.2, 0.25) is 11.8 Å². The molecule has 0 unspecified atom stereocenters. The summed E-state index contributed by atoms with van der Waals surface area (Å²) in [6.07, 6.45) is -0.319. The summed E-state index contributed by atoms with van der Waals surface area (Å²) in [5.41, 5.74) is -1.27. The third kappa shape index (κ3) is 7.23. The minimum Gasteiger partial charge on any atom is -0.353 e. The molecule has 1 saturated carbocycles. The van der Waals surface area contributed by atoms with Gasteiger partial charge in [0.25, 0.3) is 0 Å². The zero-order valence-corrected chi connectivity index (χ0v) is 18.8. The fourth-order valence-electron chi connectivity index (χ4n) is 4.35. The smallest absolute Gasteiger partial charge is 0.353 e. The van der Waals surface area contributed by atoms with E-state index in [2.05, 4.69) is 43.4 Å². The fraction of sp³-hybridized carbons (Fsp3) is 0.652. The molecule has 0 aliphatic heterocycles. The van der Waals surface area contributed by atoms with Gasteiger partial charge in [-0.1, -0.05) is 25.5 Å². The standard InChI is InChI=1S/C23H34F3N3O2/c1-5-8-16-13-17(29(4)15(2)3)11-12-19(16)27-21(30)14-22(31)28-20-10-7-6-9-18(20)23(24,25)26/h6-7,9-10,15-17,19H,5,8,11-14H2,1-4H3,(H,27,30)(H,28,31)/t16-,17-,19+/m1/s1. The van der Waals surface area contributed by atoms with Gasteiger partial charge in [0.05, 0.1) is 11.3 Å². The summed E-state index contributed by atoms with van der Waals surface area (Å²) in [6.45, 7) is 6.44. The molecular weight excluding hydrogens is 407 g/mol. The first kappa shape index (κ1) is 25.2. The molecule has 3 atom stereocenters. The molecule has 1 aromatic carbocycles. The lowest BCUT2D eigenvalue weighted by molar-refractivity contribution is -0.137. The maximum absolute atomic E-state index is 13.1. The van der Waals surface area contributed by atoms with Gasteiger partial charge in [0.15, 0.2) is 0 Å². The maximum atomic E-state index is 13.1. The Labute approximate surface area is 182 Å². The molecule has 8 heteroatoms. The Morgan fingerprint density at radius 3 is 2.45 bits per heavy atom. The Hall–Kier alpha value is -2.09. The van der Waals surface area contributed by atoms with Crippen molar-refractivity contribution in [3.8, 4) is 0 Å². The zero-order chi connectivity index (χ0) is 23.2. The Morgan fingerprint density at radius 2 is 1.84 bits per heavy atom. The molecule has 2 rings (SSSR count). The van der Waals surface area contributed by atoms with Gasteiger partial charge in [-0.05, 0) is 64.6 Å². The predicted octanol–water partition coefficient (Wildman–Crippen LogP) is 4.83. The van der Waals surface area contributed by atoms with Crippen LogP contribution in [0.15, 0.2) is 24.3 Å². The highest BCUT2D eigenvalue weighted by Crippen LogP contribution is 2.35. The molecule has 1 fully saturated rings. The number of halogens is 3. The lowest BCUT2D eigenvalue weighted by atomic mass is 9.78. The highest BCUT2D eigenvalue weighted by molar-refractivity contribution is 6.04. The van der Waals surface area contributed by atoms with Gasteiger partial charge in [0.1, 0.15) is 6.42 Å². The molecule has 0 bridgehead atoms. The summed E-state index contributed by atoms with van der Waals surface area (Å²) < 4.78 is 39.3. The third-order valence-electron chi connectivity index (χ3n) is 6.18. The van der Waals surface area contributed by atoms with E-state index in [0.717, 1.165) is 38.2 Å². The van der Waals surface area contributed by atoms with E-state index in [1.165, 1.54) is 18.2 Å². The fourth-order valence-corrected chi connectivity index (χ4v) is 4.35. The Bertz CT molecular complexity index is 752. The number of nitrogens with zero attached hydrogens (tertiary/aromatic N) is 1. The van der Waals surface area contributed by atoms with Gasteiger partial charge in [0, 0.05) is 18.1 Å². The van der Waals surface area contributed by atoms with Crippen molar-refractivity contribution in [2.75, 3.05) is 12.4 Å². The van der Waals surface area contributed by atoms with Crippen molar-refractivity contribution in [1.82, 2.24) is 10.2 Å². The van der Waals surface area contributed by atoms with Crippen LogP contribution < -0.4 is 10.6 Å². The molecule has 2 N–H and O–H groups in total. The quantitative estimate of drug-likeness (QED) is 0.568. The first-order valence-corrected chi connectivity index (χ1v) is 11.0. The molecule has 0 spiro atoms. The number of anilines is 1. The van der Waals surface area contributed by atoms with E-state index >= 15 is 0 Å². The largest absolute Gasteiger partial charge is 0.418 e. The van der Waals surface area contributed by atoms with Crippen LogP contribution in [-0.2, 0) is 15.8 Å². The monoisotopic (exact) mass is 441 g/mol. The lowest BCUT2D eigenvalue weighted by Crippen LogP contribution is -2.49. The number of carbonyl (C=O) groups excluding carboxylic acids is 2. The van der Waals surface area contributed by atoms with Crippen LogP contribution in [0, 0.1) is 5.92 Å². The molecule has 174 valence electrons. The molecule has 0 heterocycles. The highest BCUT2D eigenvalue weighted by Gasteiger charge is 2.35. The predicted molar refractivity (Wildman–Crippen MR) is 116 cm³/mol. The molecule has 0 aromatic heterocycles. The van der Waals surface area contributed by atoms with E-state index in [1.54, 1.807) is 0 Å². The van der Waals surface area contributed by atoms with Gasteiger partial charge in [-0.25, -0.2) is 0 Å². The van der Waals surface area contributed by atoms with Gasteiger partial charge in [-0.15, -0.1) is 0 Å². The van der Waals surface area contributed by atoms with Gasteiger partial charge in [-0.2, -0.15) is 13.2 Å². The summed E-state index contributed by atoms with van der Waals surface area (Å²) in [4.78, 5) is 27.1. The van der Waals surface area contributed by atoms with E-state index in [4.69, 9.17) is 0 Å². The average Bonchev–Trinajstić information content (AvgIpc) is 2.68. The summed E-state index contributed by atoms with van der Waals surface area (Å²) in [6, 6.07) is 5.65. The minimum absolute atomic E-state index is 0.0143. The van der Waals surface area contributed by atoms with E-state index in [9.17, 15) is 22.8 Å². The molecule has 0 radical (unpaired) electrons. The van der Waals surface area contributed by atoms with Gasteiger partial charge in [-0.3, -0.25) is 9.59 Å². The molecule has 31 heavy (non-hydrogen) atoms.